The van der Waals surface area contributed by atoms with Crippen molar-refractivity contribution >= 4 is 17.2 Å². The Morgan fingerprint density at radius 3 is 3.10 bits per heavy atom. The molecule has 106 valence electrons. The molecule has 0 saturated carbocycles. The molecule has 0 atom stereocenters. The molecule has 20 heavy (non-hydrogen) atoms. The predicted octanol–water partition coefficient (Wildman–Crippen LogP) is 2.17. The SMILES string of the molecule is CCn1cnnc1CNC(=O)c1cc2c(s1)CCCC2. The molecule has 1 aliphatic rings. The van der Waals surface area contributed by atoms with E-state index in [1.54, 1.807) is 17.7 Å². The Labute approximate surface area is 122 Å². The smallest absolute Gasteiger partial charge is 0.261 e. The van der Waals surface area contributed by atoms with Crippen LogP contribution in [0.5, 0.6) is 0 Å². The van der Waals surface area contributed by atoms with E-state index in [9.17, 15) is 4.79 Å². The average Bonchev–Trinajstić information content (AvgIpc) is 3.10. The second kappa shape index (κ2) is 5.75. The summed E-state index contributed by atoms with van der Waals surface area (Å²) in [6.07, 6.45) is 6.41. The highest BCUT2D eigenvalue weighted by molar-refractivity contribution is 7.14. The van der Waals surface area contributed by atoms with E-state index in [0.717, 1.165) is 30.1 Å². The van der Waals surface area contributed by atoms with E-state index in [0.29, 0.717) is 6.54 Å². The van der Waals surface area contributed by atoms with Crippen molar-refractivity contribution in [2.24, 2.45) is 0 Å². The second-order valence-electron chi connectivity index (χ2n) is 4.98. The fourth-order valence-corrected chi connectivity index (χ4v) is 3.70. The van der Waals surface area contributed by atoms with Gasteiger partial charge in [0.1, 0.15) is 6.33 Å². The number of hydrogen-bond donors (Lipinski definition) is 1. The molecule has 0 radical (unpaired) electrons. The van der Waals surface area contributed by atoms with Crippen LogP contribution in [0.4, 0.5) is 0 Å². The molecule has 2 heterocycles. The number of rotatable bonds is 4. The van der Waals surface area contributed by atoms with Crippen LogP contribution in [-0.4, -0.2) is 20.7 Å². The lowest BCUT2D eigenvalue weighted by molar-refractivity contribution is 0.0953. The van der Waals surface area contributed by atoms with Gasteiger partial charge in [-0.1, -0.05) is 0 Å². The van der Waals surface area contributed by atoms with Gasteiger partial charge in [0.05, 0.1) is 11.4 Å². The number of nitrogens with one attached hydrogen (secondary N) is 1. The van der Waals surface area contributed by atoms with Crippen LogP contribution in [0.3, 0.4) is 0 Å². The number of carbonyl (C=O) groups excluding carboxylic acids is 1. The third-order valence-electron chi connectivity index (χ3n) is 3.66. The highest BCUT2D eigenvalue weighted by atomic mass is 32.1. The van der Waals surface area contributed by atoms with Gasteiger partial charge < -0.3 is 9.88 Å². The fraction of sp³-hybridized carbons (Fsp3) is 0.500. The molecule has 5 nitrogen and oxygen atoms in total. The number of amides is 1. The molecule has 1 N–H and O–H groups in total. The lowest BCUT2D eigenvalue weighted by Crippen LogP contribution is -2.23. The van der Waals surface area contributed by atoms with Gasteiger partial charge in [-0.15, -0.1) is 21.5 Å². The summed E-state index contributed by atoms with van der Waals surface area (Å²) in [6, 6.07) is 2.05. The minimum Gasteiger partial charge on any atom is -0.344 e. The summed E-state index contributed by atoms with van der Waals surface area (Å²) in [6.45, 7) is 3.27. The first-order valence-corrected chi connectivity index (χ1v) is 7.86. The molecule has 0 aliphatic heterocycles. The Kier molecular flexibility index (Phi) is 3.82. The van der Waals surface area contributed by atoms with Gasteiger partial charge in [0.15, 0.2) is 5.82 Å². The van der Waals surface area contributed by atoms with Crippen LogP contribution >= 0.6 is 11.3 Å². The van der Waals surface area contributed by atoms with Crippen LogP contribution in [0, 0.1) is 0 Å². The Hall–Kier alpha value is -1.69. The molecule has 0 fully saturated rings. The standard InChI is InChI=1S/C14H18N4OS/c1-2-18-9-16-17-13(18)8-15-14(19)12-7-10-5-3-4-6-11(10)20-12/h7,9H,2-6,8H2,1H3,(H,15,19). The summed E-state index contributed by atoms with van der Waals surface area (Å²) in [5.74, 6) is 0.789. The Bertz CT molecular complexity index is 593. The normalized spacial score (nSPS) is 14.1. The monoisotopic (exact) mass is 290 g/mol. The first kappa shape index (κ1) is 13.3. The van der Waals surface area contributed by atoms with E-state index < -0.39 is 0 Å². The molecule has 3 rings (SSSR count). The van der Waals surface area contributed by atoms with Gasteiger partial charge in [-0.25, -0.2) is 0 Å². The quantitative estimate of drug-likeness (QED) is 0.938. The van der Waals surface area contributed by atoms with Crippen LogP contribution in [0.15, 0.2) is 12.4 Å². The van der Waals surface area contributed by atoms with Crippen molar-refractivity contribution in [3.8, 4) is 0 Å². The van der Waals surface area contributed by atoms with E-state index in [4.69, 9.17) is 0 Å². The van der Waals surface area contributed by atoms with E-state index >= 15 is 0 Å². The zero-order chi connectivity index (χ0) is 13.9. The molecule has 0 bridgehead atoms. The summed E-state index contributed by atoms with van der Waals surface area (Å²) in [7, 11) is 0. The maximum atomic E-state index is 12.2. The number of aryl methyl sites for hydroxylation is 3. The molecule has 2 aromatic heterocycles. The topological polar surface area (TPSA) is 59.8 Å². The van der Waals surface area contributed by atoms with Gasteiger partial charge in [0.25, 0.3) is 5.91 Å². The van der Waals surface area contributed by atoms with Gasteiger partial charge in [-0.2, -0.15) is 0 Å². The average molecular weight is 290 g/mol. The zero-order valence-corrected chi connectivity index (χ0v) is 12.4. The van der Waals surface area contributed by atoms with Crippen LogP contribution in [0.2, 0.25) is 0 Å². The van der Waals surface area contributed by atoms with Crippen molar-refractivity contribution < 1.29 is 4.79 Å². The number of hydrogen-bond acceptors (Lipinski definition) is 4. The maximum Gasteiger partial charge on any atom is 0.261 e. The predicted molar refractivity (Wildman–Crippen MR) is 77.8 cm³/mol. The third-order valence-corrected chi connectivity index (χ3v) is 4.90. The van der Waals surface area contributed by atoms with Crippen LogP contribution in [-0.2, 0) is 25.9 Å². The number of thiophene rings is 1. The van der Waals surface area contributed by atoms with Gasteiger partial charge >= 0.3 is 0 Å². The van der Waals surface area contributed by atoms with Crippen molar-refractivity contribution in [2.45, 2.75) is 45.7 Å². The van der Waals surface area contributed by atoms with Crippen molar-refractivity contribution in [3.05, 3.63) is 33.5 Å². The molecular formula is C14H18N4OS. The molecule has 6 heteroatoms. The lowest BCUT2D eigenvalue weighted by Gasteiger charge is -2.08. The molecule has 0 aromatic carbocycles. The van der Waals surface area contributed by atoms with Crippen molar-refractivity contribution in [2.75, 3.05) is 0 Å². The molecular weight excluding hydrogens is 272 g/mol. The van der Waals surface area contributed by atoms with Crippen LogP contribution < -0.4 is 5.32 Å². The fourth-order valence-electron chi connectivity index (χ4n) is 2.53. The van der Waals surface area contributed by atoms with Gasteiger partial charge in [-0.05, 0) is 44.2 Å². The number of carbonyl (C=O) groups is 1. The summed E-state index contributed by atoms with van der Waals surface area (Å²) >= 11 is 1.64. The number of nitrogens with zero attached hydrogens (tertiary/aromatic N) is 3. The Morgan fingerprint density at radius 2 is 2.30 bits per heavy atom. The summed E-state index contributed by atoms with van der Waals surface area (Å²) in [4.78, 5) is 14.4. The maximum absolute atomic E-state index is 12.2. The molecule has 0 spiro atoms. The highest BCUT2D eigenvalue weighted by Gasteiger charge is 2.17. The Balaban J connectivity index is 1.66. The molecule has 1 amide bonds. The third kappa shape index (κ3) is 2.60. The van der Waals surface area contributed by atoms with E-state index in [-0.39, 0.29) is 5.91 Å². The number of fused-ring (bicyclic) bond motifs is 1. The minimum atomic E-state index is -0.00458. The molecule has 0 saturated heterocycles. The summed E-state index contributed by atoms with van der Waals surface area (Å²) in [5.41, 5.74) is 1.36. The van der Waals surface area contributed by atoms with Crippen LogP contribution in [0.1, 0.15) is 45.7 Å². The first-order valence-electron chi connectivity index (χ1n) is 7.04. The highest BCUT2D eigenvalue weighted by Crippen LogP contribution is 2.29. The summed E-state index contributed by atoms with van der Waals surface area (Å²) < 4.78 is 1.93. The van der Waals surface area contributed by atoms with Gasteiger partial charge in [0.2, 0.25) is 0 Å². The van der Waals surface area contributed by atoms with E-state index in [1.807, 2.05) is 11.5 Å². The van der Waals surface area contributed by atoms with Gasteiger partial charge in [-0.3, -0.25) is 4.79 Å². The molecule has 1 aliphatic carbocycles. The first-order chi connectivity index (χ1) is 9.78. The molecule has 0 unspecified atom stereocenters. The lowest BCUT2D eigenvalue weighted by atomic mass is 9.99. The van der Waals surface area contributed by atoms with Gasteiger partial charge in [0, 0.05) is 11.4 Å². The second-order valence-corrected chi connectivity index (χ2v) is 6.12. The minimum absolute atomic E-state index is 0.00458. The van der Waals surface area contributed by atoms with Crippen molar-refractivity contribution in [1.29, 1.82) is 0 Å². The summed E-state index contributed by atoms with van der Waals surface area (Å²) in [5, 5.41) is 10.8. The zero-order valence-electron chi connectivity index (χ0n) is 11.6. The van der Waals surface area contributed by atoms with E-state index in [1.165, 1.54) is 23.3 Å². The molecule has 2 aromatic rings. The Morgan fingerprint density at radius 1 is 1.45 bits per heavy atom. The van der Waals surface area contributed by atoms with Crippen molar-refractivity contribution in [3.63, 3.8) is 0 Å². The van der Waals surface area contributed by atoms with E-state index in [2.05, 4.69) is 21.6 Å². The number of aromatic nitrogens is 3. The van der Waals surface area contributed by atoms with Crippen molar-refractivity contribution in [1.82, 2.24) is 20.1 Å². The van der Waals surface area contributed by atoms with Crippen LogP contribution in [0.25, 0.3) is 0 Å². The largest absolute Gasteiger partial charge is 0.344 e.